The zero-order valence-corrected chi connectivity index (χ0v) is 13.6. The highest BCUT2D eigenvalue weighted by molar-refractivity contribution is 7.91. The number of sulfonamides is 1. The normalized spacial score (nSPS) is 11.8. The molecule has 0 radical (unpaired) electrons. The summed E-state index contributed by atoms with van der Waals surface area (Å²) < 4.78 is 26.1. The number of anilines is 1. The van der Waals surface area contributed by atoms with E-state index in [0.717, 1.165) is 30.6 Å². The van der Waals surface area contributed by atoms with Gasteiger partial charge in [-0.05, 0) is 6.42 Å². The summed E-state index contributed by atoms with van der Waals surface area (Å²) in [6.45, 7) is 2.65. The summed E-state index contributed by atoms with van der Waals surface area (Å²) >= 11 is 0.879. The highest BCUT2D eigenvalue weighted by atomic mass is 32.2. The van der Waals surface area contributed by atoms with E-state index in [-0.39, 0.29) is 9.47 Å². The molecule has 3 N–H and O–H groups in total. The first-order valence-electron chi connectivity index (χ1n) is 7.15. The van der Waals surface area contributed by atoms with Crippen LogP contribution >= 0.6 is 11.3 Å². The molecule has 116 valence electrons. The molecule has 6 nitrogen and oxygen atoms in total. The molecule has 1 aromatic rings. The molecule has 0 bridgehead atoms. The Kier molecular flexibility index (Phi) is 8.01. The summed E-state index contributed by atoms with van der Waals surface area (Å²) in [4.78, 5) is 0. The number of aromatic nitrogens is 2. The van der Waals surface area contributed by atoms with Crippen molar-refractivity contribution in [1.29, 1.82) is 0 Å². The van der Waals surface area contributed by atoms with Crippen LogP contribution < -0.4 is 10.5 Å². The molecule has 0 unspecified atom stereocenters. The van der Waals surface area contributed by atoms with E-state index >= 15 is 0 Å². The zero-order chi connectivity index (χ0) is 14.8. The lowest BCUT2D eigenvalue weighted by Gasteiger charge is -2.03. The van der Waals surface area contributed by atoms with Gasteiger partial charge in [-0.2, -0.15) is 0 Å². The molecule has 0 saturated carbocycles. The van der Waals surface area contributed by atoms with Gasteiger partial charge in [-0.1, -0.05) is 63.2 Å². The average molecular weight is 320 g/mol. The molecule has 0 aliphatic carbocycles. The Hall–Kier alpha value is -0.730. The van der Waals surface area contributed by atoms with Crippen LogP contribution in [-0.4, -0.2) is 25.2 Å². The van der Waals surface area contributed by atoms with Crippen molar-refractivity contribution in [2.24, 2.45) is 0 Å². The number of hydrogen-bond donors (Lipinski definition) is 2. The Morgan fingerprint density at radius 1 is 1.05 bits per heavy atom. The lowest BCUT2D eigenvalue weighted by atomic mass is 10.1. The fourth-order valence-corrected chi connectivity index (χ4v) is 3.75. The van der Waals surface area contributed by atoms with Crippen LogP contribution in [0.25, 0.3) is 0 Å². The molecule has 0 aliphatic heterocycles. The van der Waals surface area contributed by atoms with E-state index < -0.39 is 10.0 Å². The second-order valence-corrected chi connectivity index (χ2v) is 7.73. The topological polar surface area (TPSA) is 98.0 Å². The molecule has 0 spiro atoms. The van der Waals surface area contributed by atoms with E-state index in [2.05, 4.69) is 21.8 Å². The molecule has 8 heteroatoms. The Morgan fingerprint density at radius 3 is 2.20 bits per heavy atom. The van der Waals surface area contributed by atoms with Crippen molar-refractivity contribution < 1.29 is 8.42 Å². The minimum atomic E-state index is -3.53. The van der Waals surface area contributed by atoms with Crippen LogP contribution in [-0.2, 0) is 10.0 Å². The lowest BCUT2D eigenvalue weighted by molar-refractivity contribution is 0.558. The maximum absolute atomic E-state index is 11.8. The third kappa shape index (κ3) is 6.62. The highest BCUT2D eigenvalue weighted by Gasteiger charge is 2.18. The van der Waals surface area contributed by atoms with Crippen LogP contribution in [0.15, 0.2) is 4.34 Å². The number of rotatable bonds is 11. The van der Waals surface area contributed by atoms with E-state index in [1.807, 2.05) is 0 Å². The SMILES string of the molecule is CCCCCCCCCCNS(=O)(=O)c1nnc(N)s1. The molecule has 0 aromatic carbocycles. The van der Waals surface area contributed by atoms with E-state index in [1.54, 1.807) is 0 Å². The lowest BCUT2D eigenvalue weighted by Crippen LogP contribution is -2.24. The van der Waals surface area contributed by atoms with Gasteiger partial charge in [0.25, 0.3) is 10.0 Å². The smallest absolute Gasteiger partial charge is 0.269 e. The van der Waals surface area contributed by atoms with Crippen molar-refractivity contribution in [2.75, 3.05) is 12.3 Å². The monoisotopic (exact) mass is 320 g/mol. The quantitative estimate of drug-likeness (QED) is 0.611. The number of hydrogen-bond acceptors (Lipinski definition) is 6. The number of nitrogens with zero attached hydrogens (tertiary/aromatic N) is 2. The highest BCUT2D eigenvalue weighted by Crippen LogP contribution is 2.16. The van der Waals surface area contributed by atoms with Crippen molar-refractivity contribution >= 4 is 26.5 Å². The first kappa shape index (κ1) is 17.3. The zero-order valence-electron chi connectivity index (χ0n) is 12.0. The van der Waals surface area contributed by atoms with Gasteiger partial charge in [0.2, 0.25) is 9.47 Å². The second kappa shape index (κ2) is 9.25. The number of nitrogens with two attached hydrogens (primary N) is 1. The van der Waals surface area contributed by atoms with E-state index in [4.69, 9.17) is 5.73 Å². The third-order valence-electron chi connectivity index (χ3n) is 2.97. The van der Waals surface area contributed by atoms with Crippen LogP contribution in [0, 0.1) is 0 Å². The molecule has 0 amide bonds. The number of unbranched alkanes of at least 4 members (excludes halogenated alkanes) is 7. The van der Waals surface area contributed by atoms with E-state index in [0.29, 0.717) is 6.54 Å². The van der Waals surface area contributed by atoms with Gasteiger partial charge in [0, 0.05) is 6.54 Å². The van der Waals surface area contributed by atoms with Gasteiger partial charge in [0.1, 0.15) is 0 Å². The van der Waals surface area contributed by atoms with E-state index in [9.17, 15) is 8.42 Å². The Balaban J connectivity index is 2.09. The standard InChI is InChI=1S/C12H24N4O2S2/c1-2-3-4-5-6-7-8-9-10-14-20(17,18)12-16-15-11(13)19-12/h14H,2-10H2,1H3,(H2,13,15). The Bertz CT molecular complexity index is 474. The van der Waals surface area contributed by atoms with Gasteiger partial charge < -0.3 is 5.73 Å². The predicted octanol–water partition coefficient (Wildman–Crippen LogP) is 2.54. The van der Waals surface area contributed by atoms with Crippen molar-refractivity contribution in [3.05, 3.63) is 0 Å². The summed E-state index contributed by atoms with van der Waals surface area (Å²) in [5.41, 5.74) is 5.37. The number of nitrogen functional groups attached to an aromatic ring is 1. The summed E-state index contributed by atoms with van der Waals surface area (Å²) in [6.07, 6.45) is 9.46. The van der Waals surface area contributed by atoms with Gasteiger partial charge in [-0.25, -0.2) is 13.1 Å². The van der Waals surface area contributed by atoms with Gasteiger partial charge in [-0.3, -0.25) is 0 Å². The number of nitrogens with one attached hydrogen (secondary N) is 1. The predicted molar refractivity (Wildman–Crippen MR) is 82.1 cm³/mol. The Morgan fingerprint density at radius 2 is 1.65 bits per heavy atom. The van der Waals surface area contributed by atoms with Crippen LogP contribution in [0.4, 0.5) is 5.13 Å². The van der Waals surface area contributed by atoms with E-state index in [1.165, 1.54) is 32.1 Å². The molecule has 0 aliphatic rings. The van der Waals surface area contributed by atoms with Gasteiger partial charge in [-0.15, -0.1) is 10.2 Å². The fourth-order valence-electron chi connectivity index (χ4n) is 1.86. The fraction of sp³-hybridized carbons (Fsp3) is 0.833. The van der Waals surface area contributed by atoms with Crippen LogP contribution in [0.5, 0.6) is 0 Å². The first-order valence-corrected chi connectivity index (χ1v) is 9.45. The second-order valence-electron chi connectivity index (χ2n) is 4.78. The molecule has 1 aromatic heterocycles. The average Bonchev–Trinajstić information content (AvgIpc) is 2.84. The molecular formula is C12H24N4O2S2. The third-order valence-corrected chi connectivity index (χ3v) is 5.56. The Labute approximate surface area is 125 Å². The molecule has 1 heterocycles. The van der Waals surface area contributed by atoms with Crippen molar-refractivity contribution in [1.82, 2.24) is 14.9 Å². The molecular weight excluding hydrogens is 296 g/mol. The van der Waals surface area contributed by atoms with Gasteiger partial charge >= 0.3 is 0 Å². The maximum atomic E-state index is 11.8. The summed E-state index contributed by atoms with van der Waals surface area (Å²) in [6, 6.07) is 0. The first-order chi connectivity index (χ1) is 9.56. The minimum absolute atomic E-state index is 0.0606. The van der Waals surface area contributed by atoms with Gasteiger partial charge in [0.15, 0.2) is 0 Å². The van der Waals surface area contributed by atoms with Crippen LogP contribution in [0.2, 0.25) is 0 Å². The summed E-state index contributed by atoms with van der Waals surface area (Å²) in [5, 5.41) is 7.20. The van der Waals surface area contributed by atoms with Crippen molar-refractivity contribution in [3.63, 3.8) is 0 Å². The summed E-state index contributed by atoms with van der Waals surface area (Å²) in [7, 11) is -3.53. The minimum Gasteiger partial charge on any atom is -0.374 e. The van der Waals surface area contributed by atoms with Crippen molar-refractivity contribution in [2.45, 2.75) is 62.6 Å². The van der Waals surface area contributed by atoms with Crippen LogP contribution in [0.3, 0.4) is 0 Å². The molecule has 1 rings (SSSR count). The largest absolute Gasteiger partial charge is 0.374 e. The molecule has 20 heavy (non-hydrogen) atoms. The summed E-state index contributed by atoms with van der Waals surface area (Å²) in [5.74, 6) is 0. The van der Waals surface area contributed by atoms with Crippen molar-refractivity contribution in [3.8, 4) is 0 Å². The molecule has 0 atom stereocenters. The van der Waals surface area contributed by atoms with Gasteiger partial charge in [0.05, 0.1) is 0 Å². The molecule has 0 saturated heterocycles. The maximum Gasteiger partial charge on any atom is 0.269 e. The van der Waals surface area contributed by atoms with Crippen LogP contribution in [0.1, 0.15) is 58.3 Å². The molecule has 0 fully saturated rings.